The van der Waals surface area contributed by atoms with Crippen molar-refractivity contribution in [3.63, 3.8) is 0 Å². The van der Waals surface area contributed by atoms with Gasteiger partial charge in [0.1, 0.15) is 11.9 Å². The number of thiophene rings is 1. The number of thiazole rings is 1. The number of carbonyl (C=O) groups excluding carboxylic acids is 1. The first-order valence-electron chi connectivity index (χ1n) is 9.16. The van der Waals surface area contributed by atoms with Crippen LogP contribution in [0.2, 0.25) is 0 Å². The molecule has 2 atom stereocenters. The summed E-state index contributed by atoms with van der Waals surface area (Å²) in [6, 6.07) is 8.32. The summed E-state index contributed by atoms with van der Waals surface area (Å²) in [5, 5.41) is 4.62. The van der Waals surface area contributed by atoms with Gasteiger partial charge < -0.3 is 9.64 Å². The minimum absolute atomic E-state index is 0.0812. The average molecular weight is 398 g/mol. The Morgan fingerprint density at radius 2 is 1.89 bits per heavy atom. The number of aromatic nitrogens is 2. The third-order valence-electron chi connectivity index (χ3n) is 5.34. The lowest BCUT2D eigenvalue weighted by Crippen LogP contribution is -2.49. The maximum Gasteiger partial charge on any atom is 0.283 e. The highest BCUT2D eigenvalue weighted by molar-refractivity contribution is 7.15. The van der Waals surface area contributed by atoms with Gasteiger partial charge in [0.2, 0.25) is 0 Å². The summed E-state index contributed by atoms with van der Waals surface area (Å²) in [6.45, 7) is 0. The van der Waals surface area contributed by atoms with Gasteiger partial charge in [-0.3, -0.25) is 9.78 Å². The highest BCUT2D eigenvalue weighted by Crippen LogP contribution is 2.39. The quantitative estimate of drug-likeness (QED) is 0.651. The number of ether oxygens (including phenoxy) is 1. The van der Waals surface area contributed by atoms with Crippen molar-refractivity contribution in [1.82, 2.24) is 14.9 Å². The van der Waals surface area contributed by atoms with Crippen molar-refractivity contribution in [3.05, 3.63) is 52.4 Å². The minimum Gasteiger partial charge on any atom is -0.490 e. The van der Waals surface area contributed by atoms with Crippen LogP contribution < -0.4 is 4.74 Å². The molecule has 0 saturated carbocycles. The summed E-state index contributed by atoms with van der Waals surface area (Å²) >= 11 is 3.10. The number of hydrogen-bond acceptors (Lipinski definition) is 6. The molecule has 2 fully saturated rings. The first kappa shape index (κ1) is 16.9. The zero-order valence-electron chi connectivity index (χ0n) is 14.7. The van der Waals surface area contributed by atoms with E-state index in [9.17, 15) is 4.79 Å². The van der Waals surface area contributed by atoms with Crippen molar-refractivity contribution < 1.29 is 9.53 Å². The van der Waals surface area contributed by atoms with E-state index in [0.29, 0.717) is 5.01 Å². The monoisotopic (exact) mass is 397 g/mol. The van der Waals surface area contributed by atoms with Crippen molar-refractivity contribution in [3.8, 4) is 16.3 Å². The second kappa shape index (κ2) is 7.05. The molecule has 3 aromatic rings. The molecule has 0 aliphatic carbocycles. The molecule has 27 heavy (non-hydrogen) atoms. The van der Waals surface area contributed by atoms with E-state index in [1.165, 1.54) is 11.3 Å². The molecule has 0 radical (unpaired) electrons. The third-order valence-corrected chi connectivity index (χ3v) is 7.06. The lowest BCUT2D eigenvalue weighted by atomic mass is 9.99. The number of hydrogen-bond donors (Lipinski definition) is 0. The van der Waals surface area contributed by atoms with Gasteiger partial charge in [-0.2, -0.15) is 0 Å². The number of amides is 1. The maximum absolute atomic E-state index is 13.1. The smallest absolute Gasteiger partial charge is 0.283 e. The number of nitrogens with zero attached hydrogens (tertiary/aromatic N) is 3. The summed E-state index contributed by atoms with van der Waals surface area (Å²) in [7, 11) is 0. The normalized spacial score (nSPS) is 24.1. The molecule has 5 nitrogen and oxygen atoms in total. The maximum atomic E-state index is 13.1. The van der Waals surface area contributed by atoms with Gasteiger partial charge in [0.25, 0.3) is 5.91 Å². The molecule has 3 aromatic heterocycles. The van der Waals surface area contributed by atoms with Gasteiger partial charge in [0.05, 0.1) is 10.6 Å². The second-order valence-electron chi connectivity index (χ2n) is 7.01. The summed E-state index contributed by atoms with van der Waals surface area (Å²) in [6.07, 6.45) is 7.52. The SMILES string of the molecule is O=C(c1nc(-c2cccs2)cs1)N1C2CCC1CC(Oc1ccncc1)C2. The molecular weight excluding hydrogens is 378 g/mol. The number of rotatable bonds is 4. The van der Waals surface area contributed by atoms with Crippen LogP contribution in [0.5, 0.6) is 5.75 Å². The van der Waals surface area contributed by atoms with Gasteiger partial charge >= 0.3 is 0 Å². The van der Waals surface area contributed by atoms with Gasteiger partial charge in [-0.1, -0.05) is 6.07 Å². The van der Waals surface area contributed by atoms with Gasteiger partial charge in [0.15, 0.2) is 5.01 Å². The topological polar surface area (TPSA) is 55.3 Å². The largest absolute Gasteiger partial charge is 0.490 e. The Kier molecular flexibility index (Phi) is 4.41. The molecule has 2 saturated heterocycles. The molecule has 7 heteroatoms. The summed E-state index contributed by atoms with van der Waals surface area (Å²) in [4.78, 5) is 25.0. The molecule has 0 spiro atoms. The Bertz CT molecular complexity index is 912. The molecule has 2 bridgehead atoms. The van der Waals surface area contributed by atoms with Crippen LogP contribution in [-0.4, -0.2) is 39.0 Å². The Morgan fingerprint density at radius 3 is 2.59 bits per heavy atom. The Balaban J connectivity index is 1.30. The fourth-order valence-corrected chi connectivity index (χ4v) is 5.71. The molecule has 2 aliphatic rings. The van der Waals surface area contributed by atoms with Crippen LogP contribution in [-0.2, 0) is 0 Å². The van der Waals surface area contributed by atoms with Gasteiger partial charge in [-0.15, -0.1) is 22.7 Å². The van der Waals surface area contributed by atoms with Crippen LogP contribution in [0.4, 0.5) is 0 Å². The summed E-state index contributed by atoms with van der Waals surface area (Å²) < 4.78 is 6.13. The van der Waals surface area contributed by atoms with Crippen molar-refractivity contribution in [2.45, 2.75) is 43.9 Å². The van der Waals surface area contributed by atoms with Crippen molar-refractivity contribution in [2.24, 2.45) is 0 Å². The Morgan fingerprint density at radius 1 is 1.11 bits per heavy atom. The third kappa shape index (κ3) is 3.26. The summed E-state index contributed by atoms with van der Waals surface area (Å²) in [5.74, 6) is 0.937. The molecular formula is C20H19N3O2S2. The van der Waals surface area contributed by atoms with Crippen LogP contribution in [0.1, 0.15) is 35.5 Å². The van der Waals surface area contributed by atoms with E-state index in [0.717, 1.165) is 42.0 Å². The zero-order chi connectivity index (χ0) is 18.2. The Hall–Kier alpha value is -2.25. The van der Waals surface area contributed by atoms with E-state index in [1.807, 2.05) is 35.0 Å². The fraction of sp³-hybridized carbons (Fsp3) is 0.350. The Labute approximate surface area is 165 Å². The van der Waals surface area contributed by atoms with E-state index in [4.69, 9.17) is 4.74 Å². The van der Waals surface area contributed by atoms with E-state index in [-0.39, 0.29) is 24.1 Å². The standard InChI is InChI=1S/C20H19N3O2S2/c24-20(19-22-17(12-27-19)18-2-1-9-26-18)23-13-3-4-14(23)11-16(10-13)25-15-5-7-21-8-6-15/h1-2,5-9,12-14,16H,3-4,10-11H2. The number of piperidine rings is 1. The summed E-state index contributed by atoms with van der Waals surface area (Å²) in [5.41, 5.74) is 0.904. The fourth-order valence-electron chi connectivity index (χ4n) is 4.18. The van der Waals surface area contributed by atoms with Crippen molar-refractivity contribution in [1.29, 1.82) is 0 Å². The van der Waals surface area contributed by atoms with Crippen LogP contribution in [0.25, 0.3) is 10.6 Å². The predicted octanol–water partition coefficient (Wildman–Crippen LogP) is 4.48. The van der Waals surface area contributed by atoms with Crippen LogP contribution in [0.15, 0.2) is 47.4 Å². The highest BCUT2D eigenvalue weighted by Gasteiger charge is 2.44. The van der Waals surface area contributed by atoms with Crippen LogP contribution >= 0.6 is 22.7 Å². The molecule has 1 amide bonds. The molecule has 138 valence electrons. The van der Waals surface area contributed by atoms with E-state index in [2.05, 4.69) is 14.9 Å². The lowest BCUT2D eigenvalue weighted by Gasteiger charge is -2.38. The van der Waals surface area contributed by atoms with Gasteiger partial charge in [-0.25, -0.2) is 4.98 Å². The predicted molar refractivity (Wildman–Crippen MR) is 106 cm³/mol. The molecule has 2 unspecified atom stereocenters. The second-order valence-corrected chi connectivity index (χ2v) is 8.81. The van der Waals surface area contributed by atoms with E-state index < -0.39 is 0 Å². The molecule has 2 aliphatic heterocycles. The average Bonchev–Trinajstić information content (AvgIpc) is 3.42. The van der Waals surface area contributed by atoms with Crippen molar-refractivity contribution in [2.75, 3.05) is 0 Å². The van der Waals surface area contributed by atoms with E-state index in [1.54, 1.807) is 23.7 Å². The number of pyridine rings is 1. The first-order chi connectivity index (χ1) is 13.3. The minimum atomic E-state index is 0.0812. The molecule has 0 N–H and O–H groups in total. The number of fused-ring (bicyclic) bond motifs is 2. The first-order valence-corrected chi connectivity index (χ1v) is 10.9. The van der Waals surface area contributed by atoms with Crippen molar-refractivity contribution >= 4 is 28.6 Å². The molecule has 0 aromatic carbocycles. The highest BCUT2D eigenvalue weighted by atomic mass is 32.1. The van der Waals surface area contributed by atoms with E-state index >= 15 is 0 Å². The van der Waals surface area contributed by atoms with Crippen LogP contribution in [0, 0.1) is 0 Å². The zero-order valence-corrected chi connectivity index (χ0v) is 16.3. The molecule has 5 rings (SSSR count). The van der Waals surface area contributed by atoms with Crippen LogP contribution in [0.3, 0.4) is 0 Å². The lowest BCUT2D eigenvalue weighted by molar-refractivity contribution is 0.0358. The van der Waals surface area contributed by atoms with Gasteiger partial charge in [-0.05, 0) is 36.4 Å². The number of carbonyl (C=O) groups is 1. The van der Waals surface area contributed by atoms with Gasteiger partial charge in [0, 0.05) is 42.7 Å². The molecule has 5 heterocycles.